The van der Waals surface area contributed by atoms with Crippen LogP contribution in [0, 0.1) is 0 Å². The van der Waals surface area contributed by atoms with Crippen LogP contribution >= 0.6 is 0 Å². The number of hydrogen-bond donors (Lipinski definition) is 0. The zero-order valence-corrected chi connectivity index (χ0v) is 20.0. The van der Waals surface area contributed by atoms with Crippen molar-refractivity contribution in [2.45, 2.75) is 19.4 Å². The van der Waals surface area contributed by atoms with Crippen LogP contribution in [0.15, 0.2) is 64.3 Å². The van der Waals surface area contributed by atoms with E-state index in [0.29, 0.717) is 55.2 Å². The molecule has 1 amide bonds. The van der Waals surface area contributed by atoms with E-state index in [4.69, 9.17) is 13.9 Å². The molecule has 1 saturated heterocycles. The van der Waals surface area contributed by atoms with Gasteiger partial charge in [0.2, 0.25) is 5.76 Å². The minimum absolute atomic E-state index is 0.135. The number of morpholine rings is 1. The van der Waals surface area contributed by atoms with Crippen molar-refractivity contribution in [3.63, 3.8) is 0 Å². The Labute approximate surface area is 204 Å². The lowest BCUT2D eigenvalue weighted by atomic mass is 9.97. The standard InChI is InChI=1S/C28H30N2O5/c1-3-14-34-21-7-5-6-20(18-21)25-24-26(31)22-17-19(4-2)8-9-23(22)35-27(24)28(32)30(25)11-10-29-12-15-33-16-13-29/h3,5-9,17-18,25H,1,4,10-16H2,2H3. The minimum Gasteiger partial charge on any atom is -0.490 e. The highest BCUT2D eigenvalue weighted by atomic mass is 16.5. The molecule has 5 rings (SSSR count). The summed E-state index contributed by atoms with van der Waals surface area (Å²) in [6.45, 7) is 10.3. The topological polar surface area (TPSA) is 72.2 Å². The first-order valence-electron chi connectivity index (χ1n) is 12.1. The van der Waals surface area contributed by atoms with Crippen molar-refractivity contribution >= 4 is 16.9 Å². The van der Waals surface area contributed by atoms with Gasteiger partial charge in [0.1, 0.15) is 17.9 Å². The Morgan fingerprint density at radius 1 is 1.11 bits per heavy atom. The molecule has 3 heterocycles. The summed E-state index contributed by atoms with van der Waals surface area (Å²) >= 11 is 0. The summed E-state index contributed by atoms with van der Waals surface area (Å²) in [5.41, 5.74) is 2.56. The van der Waals surface area contributed by atoms with Gasteiger partial charge in [-0.3, -0.25) is 14.5 Å². The number of hydrogen-bond acceptors (Lipinski definition) is 6. The van der Waals surface area contributed by atoms with Crippen LogP contribution in [0.3, 0.4) is 0 Å². The molecule has 1 fully saturated rings. The molecule has 1 unspecified atom stereocenters. The summed E-state index contributed by atoms with van der Waals surface area (Å²) in [6, 6.07) is 12.6. The monoisotopic (exact) mass is 474 g/mol. The van der Waals surface area contributed by atoms with Crippen LogP contribution < -0.4 is 10.2 Å². The van der Waals surface area contributed by atoms with E-state index in [-0.39, 0.29) is 17.1 Å². The van der Waals surface area contributed by atoms with E-state index in [2.05, 4.69) is 11.5 Å². The molecule has 35 heavy (non-hydrogen) atoms. The maximum absolute atomic E-state index is 13.8. The van der Waals surface area contributed by atoms with E-state index in [1.54, 1.807) is 17.0 Å². The summed E-state index contributed by atoms with van der Waals surface area (Å²) < 4.78 is 17.3. The zero-order chi connectivity index (χ0) is 24.4. The molecule has 2 aliphatic rings. The summed E-state index contributed by atoms with van der Waals surface area (Å²) in [6.07, 6.45) is 2.49. The number of rotatable bonds is 8. The first kappa shape index (κ1) is 23.3. The van der Waals surface area contributed by atoms with Gasteiger partial charge in [-0.05, 0) is 41.8 Å². The van der Waals surface area contributed by atoms with E-state index in [0.717, 1.165) is 30.6 Å². The molecule has 0 spiro atoms. The van der Waals surface area contributed by atoms with Gasteiger partial charge in [-0.25, -0.2) is 0 Å². The quantitative estimate of drug-likeness (QED) is 0.463. The number of benzene rings is 2. The van der Waals surface area contributed by atoms with E-state index in [1.165, 1.54) is 0 Å². The number of nitrogens with zero attached hydrogens (tertiary/aromatic N) is 2. The Bertz CT molecular complexity index is 1310. The average molecular weight is 475 g/mol. The highest BCUT2D eigenvalue weighted by Gasteiger charge is 2.42. The van der Waals surface area contributed by atoms with Crippen molar-refractivity contribution in [2.75, 3.05) is 46.0 Å². The third kappa shape index (κ3) is 4.49. The Kier molecular flexibility index (Phi) is 6.70. The fourth-order valence-corrected chi connectivity index (χ4v) is 4.87. The largest absolute Gasteiger partial charge is 0.490 e. The van der Waals surface area contributed by atoms with Crippen molar-refractivity contribution < 1.29 is 18.7 Å². The Morgan fingerprint density at radius 2 is 1.94 bits per heavy atom. The van der Waals surface area contributed by atoms with Gasteiger partial charge in [-0.15, -0.1) is 0 Å². The molecule has 0 aliphatic carbocycles. The second kappa shape index (κ2) is 10.1. The van der Waals surface area contributed by atoms with Crippen LogP contribution in [-0.4, -0.2) is 61.7 Å². The summed E-state index contributed by atoms with van der Waals surface area (Å²) in [7, 11) is 0. The smallest absolute Gasteiger partial charge is 0.290 e. The molecule has 2 aromatic carbocycles. The lowest BCUT2D eigenvalue weighted by molar-refractivity contribution is 0.0314. The Hall–Kier alpha value is -3.42. The van der Waals surface area contributed by atoms with Crippen LogP contribution in [0.1, 0.15) is 40.2 Å². The molecule has 0 N–H and O–H groups in total. The van der Waals surface area contributed by atoms with Gasteiger partial charge in [0.05, 0.1) is 30.2 Å². The first-order chi connectivity index (χ1) is 17.1. The Balaban J connectivity index is 1.60. The third-order valence-electron chi connectivity index (χ3n) is 6.74. The Morgan fingerprint density at radius 3 is 2.71 bits per heavy atom. The number of amides is 1. The fraction of sp³-hybridized carbons (Fsp3) is 0.357. The third-order valence-corrected chi connectivity index (χ3v) is 6.74. The number of carbonyl (C=O) groups is 1. The molecule has 1 aromatic heterocycles. The van der Waals surface area contributed by atoms with Gasteiger partial charge < -0.3 is 18.8 Å². The molecular formula is C28H30N2O5. The predicted octanol–water partition coefficient (Wildman–Crippen LogP) is 3.80. The van der Waals surface area contributed by atoms with Crippen LogP contribution in [0.5, 0.6) is 5.75 Å². The van der Waals surface area contributed by atoms with Gasteiger partial charge >= 0.3 is 0 Å². The van der Waals surface area contributed by atoms with Crippen molar-refractivity contribution in [1.82, 2.24) is 9.80 Å². The van der Waals surface area contributed by atoms with Crippen LogP contribution in [0.25, 0.3) is 11.0 Å². The molecule has 7 nitrogen and oxygen atoms in total. The highest BCUT2D eigenvalue weighted by molar-refractivity contribution is 5.99. The average Bonchev–Trinajstić information content (AvgIpc) is 3.18. The molecule has 0 radical (unpaired) electrons. The molecule has 0 saturated carbocycles. The van der Waals surface area contributed by atoms with Gasteiger partial charge in [0, 0.05) is 26.2 Å². The van der Waals surface area contributed by atoms with E-state index in [1.807, 2.05) is 43.3 Å². The van der Waals surface area contributed by atoms with E-state index >= 15 is 0 Å². The normalized spacial score (nSPS) is 18.1. The highest BCUT2D eigenvalue weighted by Crippen LogP contribution is 2.39. The molecule has 7 heteroatoms. The van der Waals surface area contributed by atoms with Crippen LogP contribution in [0.2, 0.25) is 0 Å². The van der Waals surface area contributed by atoms with E-state index < -0.39 is 6.04 Å². The number of fused-ring (bicyclic) bond motifs is 2. The lowest BCUT2D eigenvalue weighted by Gasteiger charge is -2.31. The molecule has 2 aliphatic heterocycles. The number of carbonyl (C=O) groups excluding carboxylic acids is 1. The summed E-state index contributed by atoms with van der Waals surface area (Å²) in [5.74, 6) is 0.542. The van der Waals surface area contributed by atoms with Gasteiger partial charge in [0.15, 0.2) is 5.43 Å². The second-order valence-electron chi connectivity index (χ2n) is 8.89. The molecular weight excluding hydrogens is 444 g/mol. The van der Waals surface area contributed by atoms with Crippen LogP contribution in [-0.2, 0) is 11.2 Å². The van der Waals surface area contributed by atoms with Crippen molar-refractivity contribution in [2.24, 2.45) is 0 Å². The lowest BCUT2D eigenvalue weighted by Crippen LogP contribution is -2.42. The summed E-state index contributed by atoms with van der Waals surface area (Å²) in [5, 5.41) is 0.509. The maximum Gasteiger partial charge on any atom is 0.290 e. The number of aryl methyl sites for hydroxylation is 1. The van der Waals surface area contributed by atoms with Crippen molar-refractivity contribution in [1.29, 1.82) is 0 Å². The van der Waals surface area contributed by atoms with Gasteiger partial charge in [0.25, 0.3) is 5.91 Å². The van der Waals surface area contributed by atoms with Crippen molar-refractivity contribution in [3.8, 4) is 5.75 Å². The first-order valence-corrected chi connectivity index (χ1v) is 12.1. The van der Waals surface area contributed by atoms with Gasteiger partial charge in [-0.1, -0.05) is 37.8 Å². The SMILES string of the molecule is C=CCOc1cccc(C2c3c(oc4ccc(CC)cc4c3=O)C(=O)N2CCN2CCOCC2)c1. The molecule has 1 atom stereocenters. The maximum atomic E-state index is 13.8. The number of ether oxygens (including phenoxy) is 2. The van der Waals surface area contributed by atoms with E-state index in [9.17, 15) is 9.59 Å². The molecule has 3 aromatic rings. The predicted molar refractivity (Wildman–Crippen MR) is 134 cm³/mol. The zero-order valence-electron chi connectivity index (χ0n) is 20.0. The fourth-order valence-electron chi connectivity index (χ4n) is 4.87. The van der Waals surface area contributed by atoms with Crippen LogP contribution in [0.4, 0.5) is 0 Å². The summed E-state index contributed by atoms with van der Waals surface area (Å²) in [4.78, 5) is 31.5. The minimum atomic E-state index is -0.545. The van der Waals surface area contributed by atoms with Gasteiger partial charge in [-0.2, -0.15) is 0 Å². The molecule has 182 valence electrons. The second-order valence-corrected chi connectivity index (χ2v) is 8.89. The van der Waals surface area contributed by atoms with Crippen molar-refractivity contribution in [3.05, 3.63) is 87.8 Å². The molecule has 0 bridgehead atoms.